The van der Waals surface area contributed by atoms with Crippen molar-refractivity contribution >= 4 is 8.25 Å². The monoisotopic (exact) mass is 487 g/mol. The van der Waals surface area contributed by atoms with Crippen molar-refractivity contribution in [2.24, 2.45) is 5.92 Å². The number of ether oxygens (including phenoxy) is 5. The zero-order valence-corrected chi connectivity index (χ0v) is 21.9. The summed E-state index contributed by atoms with van der Waals surface area (Å²) in [7, 11) is 2.30. The van der Waals surface area contributed by atoms with E-state index >= 15 is 0 Å². The molecule has 0 amide bonds. The third-order valence-electron chi connectivity index (χ3n) is 5.89. The number of hydrogen-bond acceptors (Lipinski definition) is 8. The second-order valence-corrected chi connectivity index (χ2v) is 9.66. The Morgan fingerprint density at radius 1 is 1.15 bits per heavy atom. The van der Waals surface area contributed by atoms with Crippen LogP contribution in [0.5, 0.6) is 5.75 Å². The topological polar surface area (TPSA) is 81.7 Å². The lowest BCUT2D eigenvalue weighted by Gasteiger charge is -2.30. The van der Waals surface area contributed by atoms with Crippen molar-refractivity contribution in [1.82, 2.24) is 0 Å². The second-order valence-electron chi connectivity index (χ2n) is 8.69. The molecule has 0 spiro atoms. The van der Waals surface area contributed by atoms with Gasteiger partial charge in [-0.05, 0) is 56.7 Å². The molecule has 3 atom stereocenters. The molecule has 1 fully saturated rings. The van der Waals surface area contributed by atoms with Gasteiger partial charge in [0.1, 0.15) is 12.4 Å². The fraction of sp³-hybridized carbons (Fsp3) is 0.750. The van der Waals surface area contributed by atoms with Crippen molar-refractivity contribution in [3.05, 3.63) is 28.8 Å². The molecular weight excluding hydrogens is 447 g/mol. The largest absolute Gasteiger partial charge is 0.697 e. The van der Waals surface area contributed by atoms with Gasteiger partial charge in [0.15, 0.2) is 6.61 Å². The lowest BCUT2D eigenvalue weighted by atomic mass is 9.96. The highest BCUT2D eigenvalue weighted by molar-refractivity contribution is 7.33. The van der Waals surface area contributed by atoms with Crippen LogP contribution in [0.2, 0.25) is 0 Å². The number of rotatable bonds is 15. The fourth-order valence-electron chi connectivity index (χ4n) is 3.85. The lowest BCUT2D eigenvalue weighted by Crippen LogP contribution is -2.35. The Kier molecular flexibility index (Phi) is 11.7. The van der Waals surface area contributed by atoms with Gasteiger partial charge in [0.05, 0.1) is 19.3 Å². The molecule has 1 aromatic rings. The van der Waals surface area contributed by atoms with Crippen LogP contribution >= 0.6 is 8.25 Å². The first-order valence-corrected chi connectivity index (χ1v) is 12.6. The van der Waals surface area contributed by atoms with Crippen LogP contribution < -0.4 is 4.74 Å². The molecule has 0 aromatic heterocycles. The minimum Gasteiger partial charge on any atom is -0.496 e. The smallest absolute Gasteiger partial charge is 0.496 e. The average molecular weight is 488 g/mol. The first kappa shape index (κ1) is 28.1. The summed E-state index contributed by atoms with van der Waals surface area (Å²) < 4.78 is 51.7. The molecule has 33 heavy (non-hydrogen) atoms. The zero-order chi connectivity index (χ0) is 24.4. The Hall–Kier alpha value is -1.12. The SMILES string of the molecule is COc1cc(C(CO[P+](=O)OC[C@@H]2CCCO2)(OC)OC)cc(C)c1C(C)OCCC(C)C. The van der Waals surface area contributed by atoms with Crippen LogP contribution in [-0.2, 0) is 38.3 Å². The van der Waals surface area contributed by atoms with Gasteiger partial charge in [-0.15, -0.1) is 9.05 Å². The van der Waals surface area contributed by atoms with E-state index in [1.54, 1.807) is 7.11 Å². The summed E-state index contributed by atoms with van der Waals surface area (Å²) in [5.41, 5.74) is 2.62. The maximum Gasteiger partial charge on any atom is 0.697 e. The van der Waals surface area contributed by atoms with E-state index in [0.29, 0.717) is 30.4 Å². The molecule has 0 saturated carbocycles. The van der Waals surface area contributed by atoms with Crippen LogP contribution in [-0.4, -0.2) is 53.9 Å². The fourth-order valence-corrected chi connectivity index (χ4v) is 4.49. The quantitative estimate of drug-likeness (QED) is 0.239. The van der Waals surface area contributed by atoms with E-state index in [0.717, 1.165) is 30.4 Å². The molecule has 1 saturated heterocycles. The average Bonchev–Trinajstić information content (AvgIpc) is 3.31. The Morgan fingerprint density at radius 3 is 2.45 bits per heavy atom. The molecule has 9 heteroatoms. The molecule has 0 N–H and O–H groups in total. The van der Waals surface area contributed by atoms with Crippen molar-refractivity contribution in [3.8, 4) is 5.75 Å². The second kappa shape index (κ2) is 13.7. The third kappa shape index (κ3) is 7.96. The molecule has 1 aromatic carbocycles. The third-order valence-corrected chi connectivity index (χ3v) is 6.59. The molecule has 1 heterocycles. The van der Waals surface area contributed by atoms with E-state index in [4.69, 9.17) is 32.7 Å². The van der Waals surface area contributed by atoms with E-state index in [1.165, 1.54) is 14.2 Å². The Bertz CT molecular complexity index is 744. The van der Waals surface area contributed by atoms with Gasteiger partial charge in [-0.2, -0.15) is 0 Å². The summed E-state index contributed by atoms with van der Waals surface area (Å²) in [6.45, 7) is 9.86. The number of aryl methyl sites for hydroxylation is 1. The summed E-state index contributed by atoms with van der Waals surface area (Å²) in [5, 5.41) is 0. The Balaban J connectivity index is 2.13. The van der Waals surface area contributed by atoms with E-state index in [2.05, 4.69) is 13.8 Å². The maximum atomic E-state index is 12.3. The molecule has 0 bridgehead atoms. The first-order valence-electron chi connectivity index (χ1n) is 11.5. The van der Waals surface area contributed by atoms with Crippen LogP contribution in [0.3, 0.4) is 0 Å². The van der Waals surface area contributed by atoms with E-state index in [1.807, 2.05) is 26.0 Å². The van der Waals surface area contributed by atoms with Crippen molar-refractivity contribution in [3.63, 3.8) is 0 Å². The molecule has 8 nitrogen and oxygen atoms in total. The zero-order valence-electron chi connectivity index (χ0n) is 21.0. The van der Waals surface area contributed by atoms with Crippen molar-refractivity contribution in [1.29, 1.82) is 0 Å². The molecule has 1 aliphatic heterocycles. The van der Waals surface area contributed by atoms with Gasteiger partial charge in [-0.25, -0.2) is 0 Å². The first-order chi connectivity index (χ1) is 15.8. The highest BCUT2D eigenvalue weighted by Gasteiger charge is 2.39. The summed E-state index contributed by atoms with van der Waals surface area (Å²) in [4.78, 5) is 0. The summed E-state index contributed by atoms with van der Waals surface area (Å²) in [5.74, 6) is -0.0384. The summed E-state index contributed by atoms with van der Waals surface area (Å²) in [6, 6.07) is 3.80. The van der Waals surface area contributed by atoms with E-state index < -0.39 is 14.0 Å². The van der Waals surface area contributed by atoms with Crippen LogP contribution in [0.15, 0.2) is 12.1 Å². The van der Waals surface area contributed by atoms with Gasteiger partial charge in [-0.1, -0.05) is 13.8 Å². The molecule has 0 aliphatic carbocycles. The van der Waals surface area contributed by atoms with Gasteiger partial charge in [0.2, 0.25) is 5.79 Å². The van der Waals surface area contributed by atoms with Crippen LogP contribution in [0.25, 0.3) is 0 Å². The van der Waals surface area contributed by atoms with Crippen molar-refractivity contribution in [2.45, 2.75) is 65.0 Å². The minimum absolute atomic E-state index is 0.0358. The Morgan fingerprint density at radius 2 is 1.88 bits per heavy atom. The summed E-state index contributed by atoms with van der Waals surface area (Å²) >= 11 is 0. The molecule has 0 radical (unpaired) electrons. The number of methoxy groups -OCH3 is 3. The number of benzene rings is 1. The van der Waals surface area contributed by atoms with E-state index in [-0.39, 0.29) is 25.4 Å². The molecule has 2 unspecified atom stereocenters. The number of hydrogen-bond donors (Lipinski definition) is 0. The van der Waals surface area contributed by atoms with Gasteiger partial charge >= 0.3 is 8.25 Å². The maximum absolute atomic E-state index is 12.3. The highest BCUT2D eigenvalue weighted by atomic mass is 31.1. The van der Waals surface area contributed by atoms with Crippen LogP contribution in [0.1, 0.15) is 62.8 Å². The van der Waals surface area contributed by atoms with Gasteiger partial charge < -0.3 is 23.7 Å². The van der Waals surface area contributed by atoms with Crippen LogP contribution in [0.4, 0.5) is 0 Å². The molecule has 1 aliphatic rings. The van der Waals surface area contributed by atoms with E-state index in [9.17, 15) is 4.57 Å². The minimum atomic E-state index is -2.35. The molecular formula is C24H40O8P+. The van der Waals surface area contributed by atoms with Gasteiger partial charge in [-0.3, -0.25) is 0 Å². The predicted octanol–water partition coefficient (Wildman–Crippen LogP) is 5.44. The van der Waals surface area contributed by atoms with Crippen LogP contribution in [0, 0.1) is 12.8 Å². The summed E-state index contributed by atoms with van der Waals surface area (Å²) in [6.07, 6.45) is 2.70. The predicted molar refractivity (Wildman–Crippen MR) is 126 cm³/mol. The molecule has 188 valence electrons. The van der Waals surface area contributed by atoms with Gasteiger partial charge in [0, 0.05) is 43.1 Å². The normalized spacial score (nSPS) is 18.1. The highest BCUT2D eigenvalue weighted by Crippen LogP contribution is 2.39. The molecule has 2 rings (SSSR count). The van der Waals surface area contributed by atoms with Crippen molar-refractivity contribution in [2.75, 3.05) is 47.8 Å². The van der Waals surface area contributed by atoms with Gasteiger partial charge in [0.25, 0.3) is 0 Å². The van der Waals surface area contributed by atoms with Crippen molar-refractivity contribution < 1.29 is 37.3 Å². The lowest BCUT2D eigenvalue weighted by molar-refractivity contribution is -0.232. The Labute approximate surface area is 199 Å². The standard InChI is InChI=1S/C24H40O8P/c1-17(2)10-12-29-19(4)23-18(3)13-20(14-22(23)26-5)24(27-6,28-7)16-32-33(25)31-15-21-9-8-11-30-21/h13-14,17,19,21H,8-12,15-16H2,1-7H3/q+1/t19?,21-/m0/s1.